The molecule has 3 aromatic rings. The van der Waals surface area contributed by atoms with Crippen molar-refractivity contribution in [1.29, 1.82) is 0 Å². The Morgan fingerprint density at radius 1 is 0.972 bits per heavy atom. The van der Waals surface area contributed by atoms with Crippen LogP contribution < -0.4 is 0 Å². The highest BCUT2D eigenvalue weighted by atomic mass is 16.4. The molecule has 1 N–H and O–H groups in total. The molecule has 36 heavy (non-hydrogen) atoms. The van der Waals surface area contributed by atoms with Gasteiger partial charge < -0.3 is 19.5 Å². The zero-order valence-electron chi connectivity index (χ0n) is 20.1. The molecular weight excluding hydrogens is 456 g/mol. The molecule has 1 saturated carbocycles. The SMILES string of the molecule is O=C1CCCC[C@@H]1n1cnc(C(=O)N2CCN(C(=O)O)C[C@H]2Cc2ccccc2)c1-c1ccccc1. The van der Waals surface area contributed by atoms with Crippen LogP contribution in [-0.2, 0) is 11.2 Å². The largest absolute Gasteiger partial charge is 0.465 e. The fourth-order valence-corrected chi connectivity index (χ4v) is 5.39. The molecule has 0 radical (unpaired) electrons. The summed E-state index contributed by atoms with van der Waals surface area (Å²) in [7, 11) is 0. The second kappa shape index (κ2) is 10.4. The zero-order chi connectivity index (χ0) is 25.1. The van der Waals surface area contributed by atoms with E-state index in [0.717, 1.165) is 30.4 Å². The molecule has 2 atom stereocenters. The monoisotopic (exact) mass is 486 g/mol. The Balaban J connectivity index is 1.52. The van der Waals surface area contributed by atoms with Crippen LogP contribution in [0.4, 0.5) is 4.79 Å². The smallest absolute Gasteiger partial charge is 0.407 e. The number of aromatic nitrogens is 2. The van der Waals surface area contributed by atoms with Gasteiger partial charge in [0, 0.05) is 31.6 Å². The van der Waals surface area contributed by atoms with Crippen molar-refractivity contribution in [2.24, 2.45) is 0 Å². The number of carbonyl (C=O) groups excluding carboxylic acids is 2. The van der Waals surface area contributed by atoms with E-state index >= 15 is 0 Å². The molecule has 0 spiro atoms. The van der Waals surface area contributed by atoms with Gasteiger partial charge in [0.15, 0.2) is 11.5 Å². The summed E-state index contributed by atoms with van der Waals surface area (Å²) >= 11 is 0. The van der Waals surface area contributed by atoms with E-state index in [2.05, 4.69) is 4.98 Å². The van der Waals surface area contributed by atoms with Crippen LogP contribution in [0.2, 0.25) is 0 Å². The molecule has 2 aliphatic rings. The van der Waals surface area contributed by atoms with Gasteiger partial charge in [-0.05, 0) is 24.8 Å². The first-order valence-electron chi connectivity index (χ1n) is 12.5. The van der Waals surface area contributed by atoms with Gasteiger partial charge in [-0.3, -0.25) is 9.59 Å². The van der Waals surface area contributed by atoms with E-state index in [4.69, 9.17) is 0 Å². The highest BCUT2D eigenvalue weighted by Gasteiger charge is 2.36. The molecule has 186 valence electrons. The number of Topliss-reactive ketones (excluding diaryl/α,β-unsaturated/α-hetero) is 1. The van der Waals surface area contributed by atoms with Crippen molar-refractivity contribution in [3.8, 4) is 11.3 Å². The molecular formula is C28H30N4O4. The molecule has 2 amide bonds. The number of amides is 2. The number of rotatable bonds is 5. The minimum Gasteiger partial charge on any atom is -0.465 e. The van der Waals surface area contributed by atoms with Gasteiger partial charge in [0.1, 0.15) is 0 Å². The molecule has 2 heterocycles. The van der Waals surface area contributed by atoms with E-state index in [1.807, 2.05) is 65.2 Å². The summed E-state index contributed by atoms with van der Waals surface area (Å²) in [6.45, 7) is 0.763. The van der Waals surface area contributed by atoms with Crippen LogP contribution in [-0.4, -0.2) is 67.9 Å². The van der Waals surface area contributed by atoms with Crippen LogP contribution in [0.5, 0.6) is 0 Å². The molecule has 1 aliphatic heterocycles. The average molecular weight is 487 g/mol. The van der Waals surface area contributed by atoms with Crippen molar-refractivity contribution in [2.45, 2.75) is 44.2 Å². The maximum Gasteiger partial charge on any atom is 0.407 e. The molecule has 1 aliphatic carbocycles. The number of carbonyl (C=O) groups is 3. The normalized spacial score (nSPS) is 20.4. The van der Waals surface area contributed by atoms with Gasteiger partial charge in [-0.1, -0.05) is 67.1 Å². The third-order valence-electron chi connectivity index (χ3n) is 7.23. The quantitative estimate of drug-likeness (QED) is 0.581. The summed E-state index contributed by atoms with van der Waals surface area (Å²) in [6.07, 6.45) is 4.31. The number of benzene rings is 2. The maximum absolute atomic E-state index is 14.0. The van der Waals surface area contributed by atoms with Crippen LogP contribution in [0.3, 0.4) is 0 Å². The molecule has 1 saturated heterocycles. The number of ketones is 1. The minimum absolute atomic E-state index is 0.173. The molecule has 8 heteroatoms. The summed E-state index contributed by atoms with van der Waals surface area (Å²) in [5.74, 6) is -0.0614. The van der Waals surface area contributed by atoms with E-state index in [-0.39, 0.29) is 43.4 Å². The summed E-state index contributed by atoms with van der Waals surface area (Å²) in [6, 6.07) is 18.7. The minimum atomic E-state index is -0.981. The second-order valence-corrected chi connectivity index (χ2v) is 9.51. The lowest BCUT2D eigenvalue weighted by atomic mass is 9.93. The molecule has 0 bridgehead atoms. The van der Waals surface area contributed by atoms with Crippen LogP contribution in [0, 0.1) is 0 Å². The van der Waals surface area contributed by atoms with Crippen LogP contribution in [0.25, 0.3) is 11.3 Å². The van der Waals surface area contributed by atoms with Crippen LogP contribution >= 0.6 is 0 Å². The van der Waals surface area contributed by atoms with Gasteiger partial charge in [0.2, 0.25) is 0 Å². The Hall–Kier alpha value is -3.94. The second-order valence-electron chi connectivity index (χ2n) is 9.51. The van der Waals surface area contributed by atoms with Crippen molar-refractivity contribution in [3.05, 3.63) is 78.2 Å². The lowest BCUT2D eigenvalue weighted by Gasteiger charge is -2.40. The summed E-state index contributed by atoms with van der Waals surface area (Å²) in [5, 5.41) is 9.60. The van der Waals surface area contributed by atoms with E-state index < -0.39 is 6.09 Å². The summed E-state index contributed by atoms with van der Waals surface area (Å²) < 4.78 is 1.88. The fraction of sp³-hybridized carbons (Fsp3) is 0.357. The van der Waals surface area contributed by atoms with Gasteiger partial charge >= 0.3 is 6.09 Å². The predicted octanol–water partition coefficient (Wildman–Crippen LogP) is 4.28. The van der Waals surface area contributed by atoms with E-state index in [1.54, 1.807) is 11.2 Å². The lowest BCUT2D eigenvalue weighted by Crippen LogP contribution is -2.57. The number of imidazole rings is 1. The first-order chi connectivity index (χ1) is 17.5. The van der Waals surface area contributed by atoms with Crippen molar-refractivity contribution in [1.82, 2.24) is 19.4 Å². The summed E-state index contributed by atoms with van der Waals surface area (Å²) in [4.78, 5) is 46.3. The van der Waals surface area contributed by atoms with Gasteiger partial charge in [-0.2, -0.15) is 0 Å². The first kappa shape index (κ1) is 23.8. The maximum atomic E-state index is 14.0. The Kier molecular flexibility index (Phi) is 6.84. The highest BCUT2D eigenvalue weighted by molar-refractivity contribution is 5.99. The van der Waals surface area contributed by atoms with Crippen molar-refractivity contribution >= 4 is 17.8 Å². The van der Waals surface area contributed by atoms with E-state index in [1.165, 1.54) is 4.90 Å². The van der Waals surface area contributed by atoms with Gasteiger partial charge in [0.05, 0.1) is 24.1 Å². The van der Waals surface area contributed by atoms with Crippen molar-refractivity contribution in [2.75, 3.05) is 19.6 Å². The number of piperazine rings is 1. The van der Waals surface area contributed by atoms with E-state index in [9.17, 15) is 19.5 Å². The number of carboxylic acid groups (broad SMARTS) is 1. The molecule has 0 unspecified atom stereocenters. The zero-order valence-corrected chi connectivity index (χ0v) is 20.1. The van der Waals surface area contributed by atoms with Crippen molar-refractivity contribution in [3.63, 3.8) is 0 Å². The van der Waals surface area contributed by atoms with Gasteiger partial charge in [-0.25, -0.2) is 9.78 Å². The lowest BCUT2D eigenvalue weighted by molar-refractivity contribution is -0.123. The van der Waals surface area contributed by atoms with E-state index in [0.29, 0.717) is 24.2 Å². The highest BCUT2D eigenvalue weighted by Crippen LogP contribution is 2.33. The molecule has 8 nitrogen and oxygen atoms in total. The van der Waals surface area contributed by atoms with Crippen LogP contribution in [0.15, 0.2) is 67.0 Å². The van der Waals surface area contributed by atoms with Gasteiger partial charge in [0.25, 0.3) is 5.91 Å². The molecule has 1 aromatic heterocycles. The topological polar surface area (TPSA) is 95.7 Å². The van der Waals surface area contributed by atoms with Gasteiger partial charge in [-0.15, -0.1) is 0 Å². The van der Waals surface area contributed by atoms with Crippen molar-refractivity contribution < 1.29 is 19.5 Å². The molecule has 2 fully saturated rings. The average Bonchev–Trinajstić information content (AvgIpc) is 3.34. The number of nitrogens with zero attached hydrogens (tertiary/aromatic N) is 4. The molecule has 2 aromatic carbocycles. The van der Waals surface area contributed by atoms with Crippen LogP contribution in [0.1, 0.15) is 47.8 Å². The standard InChI is InChI=1S/C28H30N4O4/c33-24-14-8-7-13-23(24)32-19-29-25(26(32)21-11-5-2-6-12-21)27(34)31-16-15-30(28(35)36)18-22(31)17-20-9-3-1-4-10-20/h1-6,9-12,19,22-23H,7-8,13-18H2,(H,35,36)/t22-,23+/m1/s1. The third kappa shape index (κ3) is 4.76. The third-order valence-corrected chi connectivity index (χ3v) is 7.23. The number of hydrogen-bond donors (Lipinski definition) is 1. The number of hydrogen-bond acceptors (Lipinski definition) is 4. The fourth-order valence-electron chi connectivity index (χ4n) is 5.39. The Morgan fingerprint density at radius 2 is 1.69 bits per heavy atom. The Bertz CT molecular complexity index is 1240. The molecule has 5 rings (SSSR count). The first-order valence-corrected chi connectivity index (χ1v) is 12.5. The Morgan fingerprint density at radius 3 is 2.39 bits per heavy atom. The summed E-state index contributed by atoms with van der Waals surface area (Å²) in [5.41, 5.74) is 2.83. The Labute approximate surface area is 210 Å². The predicted molar refractivity (Wildman–Crippen MR) is 135 cm³/mol.